The highest BCUT2D eigenvalue weighted by molar-refractivity contribution is 5.95. The standard InChI is InChI=1S/C15H13FN2O3/c16-11-6-10(15(17)18)2-4-12(11)19-7-9-1-3-13-14(5-9)21-8-20-13/h1-6H,7-8H2,(H3,17,18). The average molecular weight is 288 g/mol. The van der Waals surface area contributed by atoms with Crippen LogP contribution in [0.15, 0.2) is 36.4 Å². The van der Waals surface area contributed by atoms with Crippen LogP contribution in [-0.2, 0) is 6.61 Å². The number of rotatable bonds is 4. The molecule has 6 heteroatoms. The Hall–Kier alpha value is -2.76. The molecule has 1 aliphatic heterocycles. The summed E-state index contributed by atoms with van der Waals surface area (Å²) in [7, 11) is 0. The van der Waals surface area contributed by atoms with Crippen molar-refractivity contribution in [3.63, 3.8) is 0 Å². The Morgan fingerprint density at radius 1 is 1.19 bits per heavy atom. The summed E-state index contributed by atoms with van der Waals surface area (Å²) in [5.74, 6) is 0.719. The summed E-state index contributed by atoms with van der Waals surface area (Å²) in [6.45, 7) is 0.410. The third-order valence-corrected chi connectivity index (χ3v) is 3.07. The van der Waals surface area contributed by atoms with Gasteiger partial charge in [0.05, 0.1) is 0 Å². The minimum Gasteiger partial charge on any atom is -0.486 e. The van der Waals surface area contributed by atoms with Crippen molar-refractivity contribution in [3.05, 3.63) is 53.3 Å². The van der Waals surface area contributed by atoms with Gasteiger partial charge in [-0.2, -0.15) is 0 Å². The number of nitrogens with one attached hydrogen (secondary N) is 1. The van der Waals surface area contributed by atoms with Gasteiger partial charge in [0.25, 0.3) is 0 Å². The van der Waals surface area contributed by atoms with Crippen LogP contribution in [0.3, 0.4) is 0 Å². The van der Waals surface area contributed by atoms with Crippen LogP contribution in [0, 0.1) is 11.2 Å². The van der Waals surface area contributed by atoms with E-state index in [4.69, 9.17) is 25.4 Å². The summed E-state index contributed by atoms with van der Waals surface area (Å²) in [4.78, 5) is 0. The van der Waals surface area contributed by atoms with Crippen molar-refractivity contribution in [2.24, 2.45) is 5.73 Å². The fourth-order valence-corrected chi connectivity index (χ4v) is 1.98. The van der Waals surface area contributed by atoms with Gasteiger partial charge in [0, 0.05) is 5.56 Å². The molecular weight excluding hydrogens is 275 g/mol. The van der Waals surface area contributed by atoms with Crippen LogP contribution in [-0.4, -0.2) is 12.6 Å². The molecule has 1 aliphatic rings. The number of nitrogen functional groups attached to an aromatic ring is 1. The number of hydrogen-bond acceptors (Lipinski definition) is 4. The first kappa shape index (κ1) is 13.2. The maximum atomic E-state index is 13.8. The van der Waals surface area contributed by atoms with Crippen LogP contribution in [0.4, 0.5) is 4.39 Å². The number of halogens is 1. The monoisotopic (exact) mass is 288 g/mol. The van der Waals surface area contributed by atoms with E-state index in [0.717, 1.165) is 5.56 Å². The van der Waals surface area contributed by atoms with Gasteiger partial charge in [0.2, 0.25) is 6.79 Å². The number of nitrogens with two attached hydrogens (primary N) is 1. The summed E-state index contributed by atoms with van der Waals surface area (Å²) in [5.41, 5.74) is 6.46. The van der Waals surface area contributed by atoms with Gasteiger partial charge in [-0.05, 0) is 35.9 Å². The first-order chi connectivity index (χ1) is 10.1. The number of hydrogen-bond donors (Lipinski definition) is 2. The van der Waals surface area contributed by atoms with Gasteiger partial charge in [-0.1, -0.05) is 6.07 Å². The van der Waals surface area contributed by atoms with Gasteiger partial charge in [0.1, 0.15) is 12.4 Å². The maximum Gasteiger partial charge on any atom is 0.231 e. The number of ether oxygens (including phenoxy) is 3. The highest BCUT2D eigenvalue weighted by Gasteiger charge is 2.13. The van der Waals surface area contributed by atoms with E-state index in [2.05, 4.69) is 0 Å². The molecule has 0 radical (unpaired) electrons. The SMILES string of the molecule is N=C(N)c1ccc(OCc2ccc3c(c2)OCO3)c(F)c1. The Morgan fingerprint density at radius 2 is 2.00 bits per heavy atom. The lowest BCUT2D eigenvalue weighted by atomic mass is 10.2. The molecule has 2 aromatic rings. The van der Waals surface area contributed by atoms with Crippen molar-refractivity contribution in [1.29, 1.82) is 5.41 Å². The van der Waals surface area contributed by atoms with E-state index in [-0.39, 0.29) is 25.0 Å². The summed E-state index contributed by atoms with van der Waals surface area (Å²) in [6, 6.07) is 9.59. The fourth-order valence-electron chi connectivity index (χ4n) is 1.98. The lowest BCUT2D eigenvalue weighted by Gasteiger charge is -2.09. The molecule has 0 aromatic heterocycles. The van der Waals surface area contributed by atoms with Gasteiger partial charge in [-0.15, -0.1) is 0 Å². The second-order valence-corrected chi connectivity index (χ2v) is 4.54. The van der Waals surface area contributed by atoms with Crippen LogP contribution in [0.25, 0.3) is 0 Å². The first-order valence-electron chi connectivity index (χ1n) is 6.29. The Kier molecular flexibility index (Phi) is 3.35. The van der Waals surface area contributed by atoms with Gasteiger partial charge in [-0.3, -0.25) is 5.41 Å². The molecule has 0 fully saturated rings. The number of benzene rings is 2. The second-order valence-electron chi connectivity index (χ2n) is 4.54. The minimum atomic E-state index is -0.552. The van der Waals surface area contributed by atoms with Crippen molar-refractivity contribution in [2.45, 2.75) is 6.61 Å². The van der Waals surface area contributed by atoms with Gasteiger partial charge in [-0.25, -0.2) is 4.39 Å². The molecule has 1 heterocycles. The molecule has 0 saturated heterocycles. The smallest absolute Gasteiger partial charge is 0.231 e. The predicted molar refractivity (Wildman–Crippen MR) is 74.3 cm³/mol. The molecule has 0 saturated carbocycles. The van der Waals surface area contributed by atoms with E-state index in [1.54, 1.807) is 18.2 Å². The zero-order valence-electron chi connectivity index (χ0n) is 11.1. The number of fused-ring (bicyclic) bond motifs is 1. The van der Waals surface area contributed by atoms with Gasteiger partial charge >= 0.3 is 0 Å². The fraction of sp³-hybridized carbons (Fsp3) is 0.133. The van der Waals surface area contributed by atoms with Crippen molar-refractivity contribution >= 4 is 5.84 Å². The zero-order chi connectivity index (χ0) is 14.8. The predicted octanol–water partition coefficient (Wildman–Crippen LogP) is 2.42. The van der Waals surface area contributed by atoms with Crippen molar-refractivity contribution in [3.8, 4) is 17.2 Å². The Morgan fingerprint density at radius 3 is 2.76 bits per heavy atom. The number of amidine groups is 1. The van der Waals surface area contributed by atoms with Crippen LogP contribution in [0.2, 0.25) is 0 Å². The molecule has 0 aliphatic carbocycles. The molecule has 0 atom stereocenters. The van der Waals surface area contributed by atoms with E-state index in [1.807, 2.05) is 6.07 Å². The molecule has 0 spiro atoms. The Bertz CT molecular complexity index is 703. The molecule has 3 rings (SSSR count). The molecule has 2 aromatic carbocycles. The Labute approximate surface area is 120 Å². The zero-order valence-corrected chi connectivity index (χ0v) is 11.1. The van der Waals surface area contributed by atoms with E-state index < -0.39 is 5.82 Å². The van der Waals surface area contributed by atoms with E-state index >= 15 is 0 Å². The lowest BCUT2D eigenvalue weighted by Crippen LogP contribution is -2.11. The molecule has 3 N–H and O–H groups in total. The van der Waals surface area contributed by atoms with E-state index in [1.165, 1.54) is 12.1 Å². The molecule has 0 unspecified atom stereocenters. The molecule has 21 heavy (non-hydrogen) atoms. The maximum absolute atomic E-state index is 13.8. The van der Waals surface area contributed by atoms with Gasteiger partial charge < -0.3 is 19.9 Å². The third kappa shape index (κ3) is 2.74. The highest BCUT2D eigenvalue weighted by atomic mass is 19.1. The van der Waals surface area contributed by atoms with Crippen molar-refractivity contribution < 1.29 is 18.6 Å². The van der Waals surface area contributed by atoms with E-state index in [0.29, 0.717) is 17.1 Å². The summed E-state index contributed by atoms with van der Waals surface area (Å²) >= 11 is 0. The summed E-state index contributed by atoms with van der Waals surface area (Å²) in [6.07, 6.45) is 0. The minimum absolute atomic E-state index is 0.109. The van der Waals surface area contributed by atoms with Crippen LogP contribution >= 0.6 is 0 Å². The lowest BCUT2D eigenvalue weighted by molar-refractivity contribution is 0.174. The van der Waals surface area contributed by atoms with Crippen LogP contribution in [0.5, 0.6) is 17.2 Å². The first-order valence-corrected chi connectivity index (χ1v) is 6.29. The third-order valence-electron chi connectivity index (χ3n) is 3.07. The van der Waals surface area contributed by atoms with Crippen molar-refractivity contribution in [2.75, 3.05) is 6.79 Å². The molecule has 0 bridgehead atoms. The average Bonchev–Trinajstić information content (AvgIpc) is 2.93. The molecule has 5 nitrogen and oxygen atoms in total. The second kappa shape index (κ2) is 5.32. The van der Waals surface area contributed by atoms with Crippen molar-refractivity contribution in [1.82, 2.24) is 0 Å². The molecular formula is C15H13FN2O3. The molecule has 0 amide bonds. The van der Waals surface area contributed by atoms with Crippen LogP contribution in [0.1, 0.15) is 11.1 Å². The molecule has 108 valence electrons. The summed E-state index contributed by atoms with van der Waals surface area (Å²) < 4.78 is 29.7. The van der Waals surface area contributed by atoms with Crippen LogP contribution < -0.4 is 19.9 Å². The Balaban J connectivity index is 1.71. The quantitative estimate of drug-likeness (QED) is 0.669. The largest absolute Gasteiger partial charge is 0.486 e. The normalized spacial score (nSPS) is 12.2. The topological polar surface area (TPSA) is 77.6 Å². The van der Waals surface area contributed by atoms with Gasteiger partial charge in [0.15, 0.2) is 23.1 Å². The highest BCUT2D eigenvalue weighted by Crippen LogP contribution is 2.32. The summed E-state index contributed by atoms with van der Waals surface area (Å²) in [5, 5.41) is 7.25. The van der Waals surface area contributed by atoms with E-state index in [9.17, 15) is 4.39 Å².